The summed E-state index contributed by atoms with van der Waals surface area (Å²) in [7, 11) is -9.91. The number of carbonyl (C=O) groups is 4. The zero-order chi connectivity index (χ0) is 67.5. The van der Waals surface area contributed by atoms with Crippen LogP contribution in [-0.2, 0) is 65.4 Å². The van der Waals surface area contributed by atoms with Crippen LogP contribution in [0.3, 0.4) is 0 Å². The number of hydrogen-bond acceptors (Lipinski definition) is 15. The Morgan fingerprint density at radius 1 is 0.275 bits per heavy atom. The summed E-state index contributed by atoms with van der Waals surface area (Å²) in [6.45, 7) is 14.1. The molecule has 0 spiro atoms. The van der Waals surface area contributed by atoms with Crippen molar-refractivity contribution in [3.05, 3.63) is 0 Å². The topological polar surface area (TPSA) is 237 Å². The molecule has 0 amide bonds. The van der Waals surface area contributed by atoms with E-state index in [0.29, 0.717) is 31.6 Å². The molecule has 0 aromatic rings. The van der Waals surface area contributed by atoms with Crippen LogP contribution >= 0.6 is 15.6 Å². The van der Waals surface area contributed by atoms with Gasteiger partial charge in [-0.3, -0.25) is 37.3 Å². The molecule has 0 radical (unpaired) electrons. The lowest BCUT2D eigenvalue weighted by molar-refractivity contribution is -0.161. The molecule has 0 saturated carbocycles. The monoisotopic (exact) mass is 1340 g/mol. The van der Waals surface area contributed by atoms with E-state index in [-0.39, 0.29) is 25.7 Å². The zero-order valence-electron chi connectivity index (χ0n) is 59.5. The number of esters is 4. The van der Waals surface area contributed by atoms with Crippen molar-refractivity contribution in [1.29, 1.82) is 0 Å². The summed E-state index contributed by atoms with van der Waals surface area (Å²) in [5.74, 6) is 0.854. The molecule has 0 aliphatic heterocycles. The molecule has 5 atom stereocenters. The number of phosphoric ester groups is 2. The quantitative estimate of drug-likeness (QED) is 0.0222. The van der Waals surface area contributed by atoms with Crippen LogP contribution in [-0.4, -0.2) is 96.7 Å². The minimum Gasteiger partial charge on any atom is -0.462 e. The van der Waals surface area contributed by atoms with E-state index in [9.17, 15) is 43.2 Å². The first-order chi connectivity index (χ1) is 43.6. The number of aliphatic hydroxyl groups excluding tert-OH is 1. The predicted octanol–water partition coefficient (Wildman–Crippen LogP) is 20.5. The van der Waals surface area contributed by atoms with Gasteiger partial charge in [0.25, 0.3) is 0 Å². The van der Waals surface area contributed by atoms with E-state index in [2.05, 4.69) is 55.4 Å². The Labute approximate surface area is 556 Å². The number of rotatable bonds is 69. The van der Waals surface area contributed by atoms with Crippen molar-refractivity contribution in [3.63, 3.8) is 0 Å². The molecule has 3 N–H and O–H groups in total. The van der Waals surface area contributed by atoms with E-state index in [1.54, 1.807) is 0 Å². The van der Waals surface area contributed by atoms with E-state index in [1.165, 1.54) is 154 Å². The fraction of sp³-hybridized carbons (Fsp3) is 0.944. The van der Waals surface area contributed by atoms with Gasteiger partial charge in [0.05, 0.1) is 26.4 Å². The molecule has 0 aliphatic carbocycles. The van der Waals surface area contributed by atoms with Crippen molar-refractivity contribution in [2.24, 2.45) is 23.7 Å². The second kappa shape index (κ2) is 61.6. The highest BCUT2D eigenvalue weighted by atomic mass is 31.2. The van der Waals surface area contributed by atoms with Crippen molar-refractivity contribution in [1.82, 2.24) is 0 Å². The Hall–Kier alpha value is -1.94. The van der Waals surface area contributed by atoms with Crippen molar-refractivity contribution < 1.29 is 80.2 Å². The Kier molecular flexibility index (Phi) is 60.3. The lowest BCUT2D eigenvalue weighted by atomic mass is 10.0. The average Bonchev–Trinajstić information content (AvgIpc) is 2.67. The summed E-state index contributed by atoms with van der Waals surface area (Å²) in [6.07, 6.45) is 44.5. The maximum absolute atomic E-state index is 13.0. The molecule has 0 bridgehead atoms. The molecular formula is C72H140O17P2. The van der Waals surface area contributed by atoms with Gasteiger partial charge in [0.2, 0.25) is 0 Å². The van der Waals surface area contributed by atoms with Gasteiger partial charge in [-0.1, -0.05) is 306 Å². The van der Waals surface area contributed by atoms with E-state index in [1.807, 2.05) is 0 Å². The zero-order valence-corrected chi connectivity index (χ0v) is 61.3. The molecule has 0 heterocycles. The average molecular weight is 1340 g/mol. The second-order valence-electron chi connectivity index (χ2n) is 27.9. The summed E-state index contributed by atoms with van der Waals surface area (Å²) in [6, 6.07) is 0. The molecule has 0 aromatic heterocycles. The summed E-state index contributed by atoms with van der Waals surface area (Å²) in [4.78, 5) is 72.6. The molecule has 540 valence electrons. The largest absolute Gasteiger partial charge is 0.472 e. The maximum Gasteiger partial charge on any atom is 0.472 e. The molecule has 3 unspecified atom stereocenters. The standard InChI is InChI=1S/C72H140O17P2/c1-62(2)48-40-32-24-17-13-9-11-15-19-28-36-44-52-69(74)82-58-67(88-71(76)54-46-38-29-20-16-12-10-14-18-25-33-41-49-63(3)4)60-86-90(78,79)84-56-66(73)57-85-91(80,81)87-61-68(59-83-70(75)53-45-37-31-23-27-35-43-51-65(7)8)89-72(77)55-47-39-30-22-21-26-34-42-50-64(5)6/h62-68,73H,9-61H2,1-8H3,(H,78,79)(H,80,81)/t66?,67-,68-/m1/s1. The van der Waals surface area contributed by atoms with E-state index in [0.717, 1.165) is 114 Å². The summed E-state index contributed by atoms with van der Waals surface area (Å²) in [5.41, 5.74) is 0. The maximum atomic E-state index is 13.0. The third kappa shape index (κ3) is 66.5. The van der Waals surface area contributed by atoms with Gasteiger partial charge in [0.1, 0.15) is 19.3 Å². The smallest absolute Gasteiger partial charge is 0.462 e. The van der Waals surface area contributed by atoms with E-state index in [4.69, 9.17) is 37.0 Å². The van der Waals surface area contributed by atoms with E-state index < -0.39 is 97.5 Å². The van der Waals surface area contributed by atoms with Gasteiger partial charge < -0.3 is 33.8 Å². The minimum atomic E-state index is -4.95. The van der Waals surface area contributed by atoms with Crippen LogP contribution in [0.1, 0.15) is 357 Å². The predicted molar refractivity (Wildman–Crippen MR) is 367 cm³/mol. The van der Waals surface area contributed by atoms with Crippen molar-refractivity contribution in [2.45, 2.75) is 375 Å². The molecule has 19 heteroatoms. The first kappa shape index (κ1) is 89.1. The van der Waals surface area contributed by atoms with Gasteiger partial charge in [0, 0.05) is 25.7 Å². The SMILES string of the molecule is CC(C)CCCCCCCCCCCCCCC(=O)OC[C@H](COP(=O)(O)OCC(O)COP(=O)(O)OC[C@@H](COC(=O)CCCCCCCCCC(C)C)OC(=O)CCCCCCCCCCC(C)C)OC(=O)CCCCCCCCCCCCCCC(C)C. The number of ether oxygens (including phenoxy) is 4. The first-order valence-corrected chi connectivity index (χ1v) is 40.2. The number of hydrogen-bond donors (Lipinski definition) is 3. The van der Waals surface area contributed by atoms with Crippen LogP contribution in [0.5, 0.6) is 0 Å². The molecule has 0 aromatic carbocycles. The van der Waals surface area contributed by atoms with Gasteiger partial charge in [-0.2, -0.15) is 0 Å². The highest BCUT2D eigenvalue weighted by Gasteiger charge is 2.30. The van der Waals surface area contributed by atoms with Crippen molar-refractivity contribution in [3.8, 4) is 0 Å². The molecule has 91 heavy (non-hydrogen) atoms. The highest BCUT2D eigenvalue weighted by molar-refractivity contribution is 7.47. The van der Waals surface area contributed by atoms with Crippen LogP contribution < -0.4 is 0 Å². The van der Waals surface area contributed by atoms with Crippen LogP contribution in [0.15, 0.2) is 0 Å². The van der Waals surface area contributed by atoms with Crippen molar-refractivity contribution in [2.75, 3.05) is 39.6 Å². The summed E-state index contributed by atoms with van der Waals surface area (Å²) >= 11 is 0. The molecule has 0 aliphatic rings. The van der Waals surface area contributed by atoms with Gasteiger partial charge in [-0.05, 0) is 49.4 Å². The number of aliphatic hydroxyl groups is 1. The fourth-order valence-corrected chi connectivity index (χ4v) is 12.4. The van der Waals surface area contributed by atoms with Gasteiger partial charge in [0.15, 0.2) is 12.2 Å². The van der Waals surface area contributed by atoms with Gasteiger partial charge in [-0.25, -0.2) is 9.13 Å². The number of carbonyl (C=O) groups excluding carboxylic acids is 4. The Bertz CT molecular complexity index is 1800. The first-order valence-electron chi connectivity index (χ1n) is 37.2. The van der Waals surface area contributed by atoms with Gasteiger partial charge in [-0.15, -0.1) is 0 Å². The highest BCUT2D eigenvalue weighted by Crippen LogP contribution is 2.45. The summed E-state index contributed by atoms with van der Waals surface area (Å²) in [5, 5.41) is 10.6. The fourth-order valence-electron chi connectivity index (χ4n) is 10.8. The molecule has 17 nitrogen and oxygen atoms in total. The van der Waals surface area contributed by atoms with Crippen molar-refractivity contribution >= 4 is 39.5 Å². The second-order valence-corrected chi connectivity index (χ2v) is 30.8. The normalized spacial score (nSPS) is 14.2. The molecule has 0 rings (SSSR count). The Morgan fingerprint density at radius 3 is 0.681 bits per heavy atom. The Morgan fingerprint density at radius 2 is 0.462 bits per heavy atom. The van der Waals surface area contributed by atoms with Gasteiger partial charge >= 0.3 is 39.5 Å². The summed E-state index contributed by atoms with van der Waals surface area (Å²) < 4.78 is 68.3. The third-order valence-corrected chi connectivity index (χ3v) is 18.5. The molecule has 0 fully saturated rings. The Balaban J connectivity index is 5.25. The molecular weight excluding hydrogens is 1200 g/mol. The minimum absolute atomic E-state index is 0.103. The van der Waals surface area contributed by atoms with E-state index >= 15 is 0 Å². The third-order valence-electron chi connectivity index (χ3n) is 16.6. The van der Waals surface area contributed by atoms with Crippen LogP contribution in [0.2, 0.25) is 0 Å². The van der Waals surface area contributed by atoms with Crippen LogP contribution in [0, 0.1) is 23.7 Å². The number of unbranched alkanes of at least 4 members (excludes halogenated alkanes) is 35. The van der Waals surface area contributed by atoms with Crippen LogP contribution in [0.4, 0.5) is 0 Å². The lowest BCUT2D eigenvalue weighted by Gasteiger charge is -2.21. The number of phosphoric acid groups is 2. The van der Waals surface area contributed by atoms with Crippen LogP contribution in [0.25, 0.3) is 0 Å². The molecule has 0 saturated heterocycles. The lowest BCUT2D eigenvalue weighted by Crippen LogP contribution is -2.30.